The zero-order valence-electron chi connectivity index (χ0n) is 9.06. The molecule has 2 rings (SSSR count). The molecule has 0 radical (unpaired) electrons. The normalized spacial score (nSPS) is 10.1. The number of hydrogen-bond donors (Lipinski definition) is 1. The van der Waals surface area contributed by atoms with Gasteiger partial charge in [0.15, 0.2) is 0 Å². The lowest BCUT2D eigenvalue weighted by molar-refractivity contribution is 0.478. The second-order valence-corrected chi connectivity index (χ2v) is 5.72. The molecular formula is C12H8Br2N2OS. The molecule has 3 nitrogen and oxygen atoms in total. The molecule has 92 valence electrons. The number of rotatable bonds is 3. The predicted octanol–water partition coefficient (Wildman–Crippen LogP) is 4.03. The van der Waals surface area contributed by atoms with Crippen LogP contribution in [0.5, 0.6) is 11.5 Å². The van der Waals surface area contributed by atoms with Crippen LogP contribution in [0.15, 0.2) is 45.6 Å². The Labute approximate surface area is 127 Å². The lowest BCUT2D eigenvalue weighted by Gasteiger charge is -2.10. The summed E-state index contributed by atoms with van der Waals surface area (Å²) in [6.07, 6.45) is 3.30. The number of benzene rings is 1. The summed E-state index contributed by atoms with van der Waals surface area (Å²) in [7, 11) is 0. The number of ether oxygens (including phenoxy) is 1. The maximum atomic E-state index is 5.74. The van der Waals surface area contributed by atoms with Crippen LogP contribution in [-0.4, -0.2) is 9.97 Å². The van der Waals surface area contributed by atoms with Crippen LogP contribution in [-0.2, 0) is 0 Å². The van der Waals surface area contributed by atoms with Gasteiger partial charge >= 0.3 is 0 Å². The Morgan fingerprint density at radius 3 is 2.61 bits per heavy atom. The van der Waals surface area contributed by atoms with Crippen molar-refractivity contribution in [2.24, 2.45) is 5.73 Å². The van der Waals surface area contributed by atoms with Gasteiger partial charge in [0.05, 0.1) is 11.8 Å². The molecule has 0 saturated carbocycles. The van der Waals surface area contributed by atoms with E-state index in [1.54, 1.807) is 12.4 Å². The topological polar surface area (TPSA) is 48.1 Å². The summed E-state index contributed by atoms with van der Waals surface area (Å²) < 4.78 is 7.47. The van der Waals surface area contributed by atoms with Gasteiger partial charge in [0.25, 0.3) is 0 Å². The van der Waals surface area contributed by atoms with E-state index in [4.69, 9.17) is 22.7 Å². The summed E-state index contributed by atoms with van der Waals surface area (Å²) >= 11 is 11.7. The van der Waals surface area contributed by atoms with Crippen LogP contribution in [0.2, 0.25) is 0 Å². The second-order valence-electron chi connectivity index (χ2n) is 3.45. The molecular weight excluding hydrogens is 380 g/mol. The van der Waals surface area contributed by atoms with Crippen molar-refractivity contribution in [3.8, 4) is 11.5 Å². The highest BCUT2D eigenvalue weighted by molar-refractivity contribution is 9.10. The second kappa shape index (κ2) is 5.77. The molecule has 1 heterocycles. The number of nitrogens with zero attached hydrogens (tertiary/aromatic N) is 1. The van der Waals surface area contributed by atoms with Gasteiger partial charge in [-0.3, -0.25) is 4.98 Å². The smallest absolute Gasteiger partial charge is 0.146 e. The standard InChI is InChI=1S/C12H8Br2N2OS/c13-7-1-2-10(12(15)18)11(4-7)17-9-3-8(14)5-16-6-9/h1-6H,(H2,15,18). The first-order valence-corrected chi connectivity index (χ1v) is 6.93. The molecule has 0 atom stereocenters. The summed E-state index contributed by atoms with van der Waals surface area (Å²) in [6, 6.07) is 7.31. The number of aromatic nitrogens is 1. The monoisotopic (exact) mass is 386 g/mol. The highest BCUT2D eigenvalue weighted by Gasteiger charge is 2.08. The summed E-state index contributed by atoms with van der Waals surface area (Å²) in [5.41, 5.74) is 6.35. The van der Waals surface area contributed by atoms with Crippen LogP contribution in [0.3, 0.4) is 0 Å². The van der Waals surface area contributed by atoms with Crippen LogP contribution in [0.1, 0.15) is 5.56 Å². The van der Waals surface area contributed by atoms with Crippen LogP contribution >= 0.6 is 44.1 Å². The van der Waals surface area contributed by atoms with Gasteiger partial charge in [-0.1, -0.05) is 28.1 Å². The van der Waals surface area contributed by atoms with E-state index < -0.39 is 0 Å². The molecule has 0 unspecified atom stereocenters. The number of thiocarbonyl (C=S) groups is 1. The van der Waals surface area contributed by atoms with Gasteiger partial charge in [0.1, 0.15) is 16.5 Å². The van der Waals surface area contributed by atoms with Gasteiger partial charge in [0.2, 0.25) is 0 Å². The van der Waals surface area contributed by atoms with Gasteiger partial charge in [-0.15, -0.1) is 0 Å². The molecule has 2 N–H and O–H groups in total. The maximum absolute atomic E-state index is 5.74. The molecule has 6 heteroatoms. The number of nitrogens with two attached hydrogens (primary N) is 1. The summed E-state index contributed by atoms with van der Waals surface area (Å²) in [5, 5.41) is 0. The van der Waals surface area contributed by atoms with Crippen LogP contribution in [0.25, 0.3) is 0 Å². The van der Waals surface area contributed by atoms with Gasteiger partial charge in [0, 0.05) is 15.1 Å². The fourth-order valence-corrected chi connectivity index (χ4v) is 2.21. The first-order chi connectivity index (χ1) is 8.56. The van der Waals surface area contributed by atoms with Crippen LogP contribution < -0.4 is 10.5 Å². The Morgan fingerprint density at radius 1 is 1.17 bits per heavy atom. The summed E-state index contributed by atoms with van der Waals surface area (Å²) in [6.45, 7) is 0. The van der Waals surface area contributed by atoms with E-state index in [-0.39, 0.29) is 0 Å². The van der Waals surface area contributed by atoms with Gasteiger partial charge in [-0.05, 0) is 40.2 Å². The van der Waals surface area contributed by atoms with E-state index >= 15 is 0 Å². The largest absolute Gasteiger partial charge is 0.455 e. The Morgan fingerprint density at radius 2 is 1.94 bits per heavy atom. The molecule has 0 amide bonds. The minimum Gasteiger partial charge on any atom is -0.455 e. The van der Waals surface area contributed by atoms with Crippen molar-refractivity contribution < 1.29 is 4.74 Å². The Bertz CT molecular complexity index is 604. The van der Waals surface area contributed by atoms with Crippen molar-refractivity contribution in [3.05, 3.63) is 51.2 Å². The van der Waals surface area contributed by atoms with E-state index in [0.717, 1.165) is 8.95 Å². The van der Waals surface area contributed by atoms with Crippen LogP contribution in [0.4, 0.5) is 0 Å². The molecule has 0 saturated heterocycles. The molecule has 0 aliphatic carbocycles. The highest BCUT2D eigenvalue weighted by atomic mass is 79.9. The minimum atomic E-state index is 0.292. The average Bonchev–Trinajstić information content (AvgIpc) is 2.28. The maximum Gasteiger partial charge on any atom is 0.146 e. The average molecular weight is 388 g/mol. The van der Waals surface area contributed by atoms with Crippen molar-refractivity contribution in [1.29, 1.82) is 0 Å². The van der Waals surface area contributed by atoms with E-state index in [0.29, 0.717) is 22.1 Å². The number of hydrogen-bond acceptors (Lipinski definition) is 3. The Balaban J connectivity index is 2.39. The molecule has 0 aliphatic rings. The van der Waals surface area contributed by atoms with Gasteiger partial charge in [-0.25, -0.2) is 0 Å². The highest BCUT2D eigenvalue weighted by Crippen LogP contribution is 2.29. The Hall–Kier alpha value is -0.980. The van der Waals surface area contributed by atoms with Gasteiger partial charge < -0.3 is 10.5 Å². The summed E-state index contributed by atoms with van der Waals surface area (Å²) in [5.74, 6) is 1.21. The number of halogens is 2. The van der Waals surface area contributed by atoms with E-state index in [1.165, 1.54) is 0 Å². The fraction of sp³-hybridized carbons (Fsp3) is 0. The van der Waals surface area contributed by atoms with Crippen molar-refractivity contribution in [2.45, 2.75) is 0 Å². The van der Waals surface area contributed by atoms with Crippen molar-refractivity contribution in [3.63, 3.8) is 0 Å². The lowest BCUT2D eigenvalue weighted by atomic mass is 10.2. The zero-order chi connectivity index (χ0) is 13.1. The molecule has 0 bridgehead atoms. The Kier molecular flexibility index (Phi) is 4.31. The van der Waals surface area contributed by atoms with Crippen molar-refractivity contribution in [2.75, 3.05) is 0 Å². The van der Waals surface area contributed by atoms with E-state index in [9.17, 15) is 0 Å². The first-order valence-electron chi connectivity index (χ1n) is 4.94. The van der Waals surface area contributed by atoms with E-state index in [2.05, 4.69) is 36.8 Å². The predicted molar refractivity (Wildman–Crippen MR) is 82.0 cm³/mol. The van der Waals surface area contributed by atoms with Crippen LogP contribution in [0, 0.1) is 0 Å². The zero-order valence-corrected chi connectivity index (χ0v) is 13.0. The molecule has 1 aromatic heterocycles. The third-order valence-corrected chi connectivity index (χ3v) is 3.26. The first kappa shape index (κ1) is 13.5. The van der Waals surface area contributed by atoms with Crippen molar-refractivity contribution >= 4 is 49.1 Å². The molecule has 18 heavy (non-hydrogen) atoms. The SMILES string of the molecule is NC(=S)c1ccc(Br)cc1Oc1cncc(Br)c1. The molecule has 0 aliphatic heterocycles. The van der Waals surface area contributed by atoms with E-state index in [1.807, 2.05) is 24.3 Å². The molecule has 0 fully saturated rings. The molecule has 0 spiro atoms. The minimum absolute atomic E-state index is 0.292. The molecule has 2 aromatic rings. The third kappa shape index (κ3) is 3.28. The lowest BCUT2D eigenvalue weighted by Crippen LogP contribution is -2.10. The fourth-order valence-electron chi connectivity index (χ4n) is 1.36. The van der Waals surface area contributed by atoms with Crippen molar-refractivity contribution in [1.82, 2.24) is 4.98 Å². The third-order valence-electron chi connectivity index (χ3n) is 2.12. The quantitative estimate of drug-likeness (QED) is 0.807. The number of pyridine rings is 1. The molecule has 1 aromatic carbocycles. The summed E-state index contributed by atoms with van der Waals surface area (Å²) in [4.78, 5) is 4.32. The van der Waals surface area contributed by atoms with Gasteiger partial charge in [-0.2, -0.15) is 0 Å².